The van der Waals surface area contributed by atoms with Gasteiger partial charge in [-0.3, -0.25) is 0 Å². The van der Waals surface area contributed by atoms with Crippen molar-refractivity contribution in [3.63, 3.8) is 0 Å². The normalized spacial score (nSPS) is 11.1. The van der Waals surface area contributed by atoms with Gasteiger partial charge in [0.15, 0.2) is 0 Å². The Kier molecular flexibility index (Phi) is 2.03. The molecule has 0 radical (unpaired) electrons. The first-order valence-electron chi connectivity index (χ1n) is 5.37. The number of hydrogen-bond acceptors (Lipinski definition) is 1. The Bertz CT molecular complexity index is 619. The van der Waals surface area contributed by atoms with Gasteiger partial charge in [-0.1, -0.05) is 6.07 Å². The van der Waals surface area contributed by atoms with Gasteiger partial charge in [0.2, 0.25) is 0 Å². The summed E-state index contributed by atoms with van der Waals surface area (Å²) in [7, 11) is 0. The number of nitrogens with zero attached hydrogens (tertiary/aromatic N) is 2. The number of benzene rings is 1. The molecule has 3 aromatic rings. The van der Waals surface area contributed by atoms with E-state index in [0.717, 1.165) is 17.6 Å². The minimum atomic E-state index is 0.911. The van der Waals surface area contributed by atoms with Crippen LogP contribution in [0.15, 0.2) is 42.9 Å². The highest BCUT2D eigenvalue weighted by molar-refractivity contribution is 5.75. The van der Waals surface area contributed by atoms with E-state index < -0.39 is 0 Å². The second-order valence-corrected chi connectivity index (χ2v) is 4.03. The van der Waals surface area contributed by atoms with Gasteiger partial charge in [-0.15, -0.1) is 0 Å². The Labute approximate surface area is 93.7 Å². The second-order valence-electron chi connectivity index (χ2n) is 4.03. The van der Waals surface area contributed by atoms with Crippen molar-refractivity contribution >= 4 is 11.0 Å². The minimum absolute atomic E-state index is 0.911. The van der Waals surface area contributed by atoms with Gasteiger partial charge in [-0.25, -0.2) is 4.98 Å². The largest absolute Gasteiger partial charge is 0.347 e. The Morgan fingerprint density at radius 1 is 1.31 bits per heavy atom. The highest BCUT2D eigenvalue weighted by Gasteiger charge is 2.00. The molecule has 0 unspecified atom stereocenters. The van der Waals surface area contributed by atoms with E-state index in [0.29, 0.717) is 0 Å². The molecule has 0 amide bonds. The average molecular weight is 211 g/mol. The van der Waals surface area contributed by atoms with Crippen LogP contribution in [-0.2, 0) is 6.54 Å². The molecule has 2 aromatic heterocycles. The maximum Gasteiger partial charge on any atom is 0.0931 e. The summed E-state index contributed by atoms with van der Waals surface area (Å²) in [6.07, 6.45) is 3.84. The molecule has 0 spiro atoms. The number of aryl methyl sites for hydroxylation is 1. The highest BCUT2D eigenvalue weighted by atomic mass is 15.0. The van der Waals surface area contributed by atoms with Crippen molar-refractivity contribution in [1.29, 1.82) is 0 Å². The molecule has 2 heterocycles. The molecule has 3 nitrogen and oxygen atoms in total. The highest BCUT2D eigenvalue weighted by Crippen LogP contribution is 2.13. The predicted molar refractivity (Wildman–Crippen MR) is 64.4 cm³/mol. The molecule has 0 aliphatic rings. The van der Waals surface area contributed by atoms with E-state index in [1.165, 1.54) is 11.3 Å². The van der Waals surface area contributed by atoms with Crippen molar-refractivity contribution in [3.8, 4) is 0 Å². The number of fused-ring (bicyclic) bond motifs is 1. The molecule has 3 rings (SSSR count). The van der Waals surface area contributed by atoms with Crippen molar-refractivity contribution in [2.45, 2.75) is 13.5 Å². The van der Waals surface area contributed by atoms with Crippen LogP contribution in [0.4, 0.5) is 0 Å². The molecule has 1 aromatic carbocycles. The van der Waals surface area contributed by atoms with E-state index in [2.05, 4.69) is 58.0 Å². The van der Waals surface area contributed by atoms with Gasteiger partial charge >= 0.3 is 0 Å². The number of aromatic amines is 1. The zero-order chi connectivity index (χ0) is 11.0. The van der Waals surface area contributed by atoms with Crippen molar-refractivity contribution in [2.24, 2.45) is 0 Å². The van der Waals surface area contributed by atoms with Crippen LogP contribution in [0.1, 0.15) is 11.3 Å². The molecule has 0 fully saturated rings. The lowest BCUT2D eigenvalue weighted by Gasteiger charge is -2.06. The lowest BCUT2D eigenvalue weighted by molar-refractivity contribution is 0.777. The first-order valence-corrected chi connectivity index (χ1v) is 5.37. The first-order chi connectivity index (χ1) is 7.83. The van der Waals surface area contributed by atoms with Crippen LogP contribution in [0, 0.1) is 6.92 Å². The summed E-state index contributed by atoms with van der Waals surface area (Å²) in [4.78, 5) is 7.35. The molecule has 0 atom stereocenters. The van der Waals surface area contributed by atoms with Crippen LogP contribution in [-0.4, -0.2) is 14.5 Å². The Balaban J connectivity index is 1.97. The molecule has 3 heteroatoms. The SMILES string of the molecule is Cc1cccn1Cc1ccc2nc[nH]c2c1. The van der Waals surface area contributed by atoms with Crippen LogP contribution in [0.3, 0.4) is 0 Å². The van der Waals surface area contributed by atoms with Crippen LogP contribution in [0.25, 0.3) is 11.0 Å². The van der Waals surface area contributed by atoms with Crippen molar-refractivity contribution in [3.05, 3.63) is 54.1 Å². The summed E-state index contributed by atoms with van der Waals surface area (Å²) in [6.45, 7) is 3.03. The van der Waals surface area contributed by atoms with Gasteiger partial charge in [-0.2, -0.15) is 0 Å². The zero-order valence-corrected chi connectivity index (χ0v) is 9.14. The fraction of sp³-hybridized carbons (Fsp3) is 0.154. The zero-order valence-electron chi connectivity index (χ0n) is 9.14. The van der Waals surface area contributed by atoms with E-state index in [1.807, 2.05) is 0 Å². The van der Waals surface area contributed by atoms with E-state index in [-0.39, 0.29) is 0 Å². The van der Waals surface area contributed by atoms with Crippen molar-refractivity contribution in [1.82, 2.24) is 14.5 Å². The molecule has 1 N–H and O–H groups in total. The predicted octanol–water partition coefficient (Wildman–Crippen LogP) is 2.72. The number of hydrogen-bond donors (Lipinski definition) is 1. The number of rotatable bonds is 2. The van der Waals surface area contributed by atoms with Crippen molar-refractivity contribution in [2.75, 3.05) is 0 Å². The number of H-pyrrole nitrogens is 1. The number of imidazole rings is 1. The minimum Gasteiger partial charge on any atom is -0.347 e. The average Bonchev–Trinajstić information content (AvgIpc) is 2.88. The standard InChI is InChI=1S/C13H13N3/c1-10-3-2-6-16(10)8-11-4-5-12-13(7-11)15-9-14-12/h2-7,9H,8H2,1H3,(H,14,15). The molecule has 0 bridgehead atoms. The Morgan fingerprint density at radius 2 is 2.25 bits per heavy atom. The summed E-state index contributed by atoms with van der Waals surface area (Å²) in [5.41, 5.74) is 4.69. The third-order valence-electron chi connectivity index (χ3n) is 2.89. The molecule has 80 valence electrons. The first kappa shape index (κ1) is 9.21. The summed E-state index contributed by atoms with van der Waals surface area (Å²) >= 11 is 0. The molecule has 0 aliphatic carbocycles. The Morgan fingerprint density at radius 3 is 3.06 bits per heavy atom. The molecule has 0 saturated heterocycles. The number of nitrogens with one attached hydrogen (secondary N) is 1. The van der Waals surface area contributed by atoms with Gasteiger partial charge in [-0.05, 0) is 36.8 Å². The van der Waals surface area contributed by atoms with E-state index >= 15 is 0 Å². The molecule has 16 heavy (non-hydrogen) atoms. The quantitative estimate of drug-likeness (QED) is 0.694. The summed E-state index contributed by atoms with van der Waals surface area (Å²) in [6, 6.07) is 10.5. The van der Waals surface area contributed by atoms with E-state index in [1.54, 1.807) is 6.33 Å². The molecule has 0 aliphatic heterocycles. The van der Waals surface area contributed by atoms with Gasteiger partial charge in [0, 0.05) is 18.4 Å². The van der Waals surface area contributed by atoms with E-state index in [9.17, 15) is 0 Å². The van der Waals surface area contributed by atoms with Crippen LogP contribution in [0.5, 0.6) is 0 Å². The van der Waals surface area contributed by atoms with Crippen molar-refractivity contribution < 1.29 is 0 Å². The number of aromatic nitrogens is 3. The third-order valence-corrected chi connectivity index (χ3v) is 2.89. The molecular formula is C13H13N3. The fourth-order valence-corrected chi connectivity index (χ4v) is 1.95. The van der Waals surface area contributed by atoms with Crippen LogP contribution < -0.4 is 0 Å². The van der Waals surface area contributed by atoms with Gasteiger partial charge in [0.1, 0.15) is 0 Å². The lowest BCUT2D eigenvalue weighted by atomic mass is 10.2. The van der Waals surface area contributed by atoms with Gasteiger partial charge in [0.25, 0.3) is 0 Å². The van der Waals surface area contributed by atoms with Crippen LogP contribution in [0.2, 0.25) is 0 Å². The van der Waals surface area contributed by atoms with Gasteiger partial charge in [0.05, 0.1) is 17.4 Å². The lowest BCUT2D eigenvalue weighted by Crippen LogP contribution is -1.99. The van der Waals surface area contributed by atoms with Gasteiger partial charge < -0.3 is 9.55 Å². The topological polar surface area (TPSA) is 33.6 Å². The van der Waals surface area contributed by atoms with E-state index in [4.69, 9.17) is 0 Å². The summed E-state index contributed by atoms with van der Waals surface area (Å²) < 4.78 is 2.23. The molecular weight excluding hydrogens is 198 g/mol. The summed E-state index contributed by atoms with van der Waals surface area (Å²) in [5.74, 6) is 0. The monoisotopic (exact) mass is 211 g/mol. The Hall–Kier alpha value is -2.03. The maximum absolute atomic E-state index is 4.21. The molecule has 0 saturated carbocycles. The van der Waals surface area contributed by atoms with Crippen LogP contribution >= 0.6 is 0 Å². The fourth-order valence-electron chi connectivity index (χ4n) is 1.95. The maximum atomic E-state index is 4.21. The summed E-state index contributed by atoms with van der Waals surface area (Å²) in [5, 5.41) is 0. The second kappa shape index (κ2) is 3.52. The smallest absolute Gasteiger partial charge is 0.0931 e. The third kappa shape index (κ3) is 1.50.